The van der Waals surface area contributed by atoms with Gasteiger partial charge in [-0.05, 0) is 161 Å². The van der Waals surface area contributed by atoms with Gasteiger partial charge in [-0.3, -0.25) is 0 Å². The second kappa shape index (κ2) is 14.8. The minimum Gasteiger partial charge on any atom is -0.482 e. The Balaban J connectivity index is 1.46. The van der Waals surface area contributed by atoms with Crippen LogP contribution in [0.1, 0.15) is 47.2 Å². The molecule has 10 heteroatoms. The minimum absolute atomic E-state index is 0.229. The topological polar surface area (TPSA) is 71.1 Å². The summed E-state index contributed by atoms with van der Waals surface area (Å²) >= 11 is 14.3. The third kappa shape index (κ3) is 8.78. The van der Waals surface area contributed by atoms with Gasteiger partial charge in [0.1, 0.15) is 11.5 Å². The summed E-state index contributed by atoms with van der Waals surface area (Å²) in [4.78, 5) is 25.3. The van der Waals surface area contributed by atoms with E-state index in [0.717, 1.165) is 33.4 Å². The van der Waals surface area contributed by atoms with Gasteiger partial charge in [-0.1, -0.05) is 38.1 Å². The Morgan fingerprint density at radius 1 is 0.578 bits per heavy atom. The average molecular weight is 868 g/mol. The van der Waals surface area contributed by atoms with Crippen molar-refractivity contribution in [3.63, 3.8) is 0 Å². The van der Waals surface area contributed by atoms with Crippen molar-refractivity contribution in [2.75, 3.05) is 13.2 Å². The number of hydrogen-bond acceptors (Lipinski definition) is 6. The first-order chi connectivity index (χ1) is 21.1. The van der Waals surface area contributed by atoms with Crippen molar-refractivity contribution in [1.82, 2.24) is 0 Å². The summed E-state index contributed by atoms with van der Waals surface area (Å²) in [6.07, 6.45) is 0. The summed E-state index contributed by atoms with van der Waals surface area (Å²) in [5, 5.41) is 0. The number of carbonyl (C=O) groups excluding carboxylic acids is 2. The molecule has 0 spiro atoms. The molecule has 6 nitrogen and oxygen atoms in total. The van der Waals surface area contributed by atoms with E-state index in [4.69, 9.17) is 18.9 Å². The highest BCUT2D eigenvalue weighted by molar-refractivity contribution is 9.11. The lowest BCUT2D eigenvalue weighted by Crippen LogP contribution is -2.21. The van der Waals surface area contributed by atoms with Gasteiger partial charge in [-0.15, -0.1) is 0 Å². The van der Waals surface area contributed by atoms with Gasteiger partial charge in [-0.25, -0.2) is 9.59 Å². The predicted octanol–water partition coefficient (Wildman–Crippen LogP) is 10.3. The Hall–Kier alpha value is -2.66. The van der Waals surface area contributed by atoms with Gasteiger partial charge in [0.25, 0.3) is 0 Å². The van der Waals surface area contributed by atoms with E-state index in [1.165, 1.54) is 0 Å². The molecule has 4 aromatic carbocycles. The molecule has 0 aliphatic heterocycles. The Bertz CT molecular complexity index is 1590. The lowest BCUT2D eigenvalue weighted by molar-refractivity contribution is -0.137. The van der Waals surface area contributed by atoms with E-state index in [1.54, 1.807) is 0 Å². The molecule has 0 bridgehead atoms. The largest absolute Gasteiger partial charge is 0.482 e. The first kappa shape index (κ1) is 35.2. The van der Waals surface area contributed by atoms with E-state index in [2.05, 4.69) is 77.6 Å². The molecule has 0 heterocycles. The molecular formula is C35H32Br4O6. The van der Waals surface area contributed by atoms with Crippen LogP contribution in [0.2, 0.25) is 0 Å². The van der Waals surface area contributed by atoms with Gasteiger partial charge in [0.05, 0.1) is 17.9 Å². The Kier molecular flexibility index (Phi) is 11.6. The maximum absolute atomic E-state index is 12.7. The highest BCUT2D eigenvalue weighted by Crippen LogP contribution is 2.44. The van der Waals surface area contributed by atoms with Crippen LogP contribution in [0.4, 0.5) is 0 Å². The summed E-state index contributed by atoms with van der Waals surface area (Å²) < 4.78 is 25.2. The van der Waals surface area contributed by atoms with Crippen LogP contribution in [0.5, 0.6) is 23.0 Å². The molecule has 0 aliphatic carbocycles. The first-order valence-electron chi connectivity index (χ1n) is 14.0. The van der Waals surface area contributed by atoms with Crippen LogP contribution in [0.3, 0.4) is 0 Å². The molecule has 0 N–H and O–H groups in total. The van der Waals surface area contributed by atoms with E-state index in [0.29, 0.717) is 40.9 Å². The number of carbonyl (C=O) groups is 2. The number of ether oxygens (including phenoxy) is 4. The van der Waals surface area contributed by atoms with Gasteiger partial charge in [0.2, 0.25) is 0 Å². The van der Waals surface area contributed by atoms with Crippen molar-refractivity contribution in [1.29, 1.82) is 0 Å². The third-order valence-corrected chi connectivity index (χ3v) is 9.61. The van der Waals surface area contributed by atoms with Crippen molar-refractivity contribution in [3.05, 3.63) is 112 Å². The minimum atomic E-state index is -0.526. The van der Waals surface area contributed by atoms with E-state index in [1.807, 2.05) is 88.4 Å². The van der Waals surface area contributed by atoms with E-state index >= 15 is 0 Å². The quantitative estimate of drug-likeness (QED) is 0.117. The maximum atomic E-state index is 12.7. The van der Waals surface area contributed by atoms with Crippen molar-refractivity contribution < 1.29 is 28.5 Å². The monoisotopic (exact) mass is 864 g/mol. The van der Waals surface area contributed by atoms with E-state index in [9.17, 15) is 9.59 Å². The fourth-order valence-corrected chi connectivity index (χ4v) is 7.19. The van der Waals surface area contributed by atoms with Crippen LogP contribution in [0.15, 0.2) is 78.6 Å². The zero-order valence-corrected chi connectivity index (χ0v) is 32.0. The second-order valence-electron chi connectivity index (χ2n) is 11.2. The number of benzene rings is 4. The molecule has 0 saturated carbocycles. The Labute approximate surface area is 297 Å². The van der Waals surface area contributed by atoms with Crippen LogP contribution in [0.25, 0.3) is 0 Å². The van der Waals surface area contributed by atoms with Crippen LogP contribution < -0.4 is 18.9 Å². The van der Waals surface area contributed by atoms with E-state index < -0.39 is 17.4 Å². The third-order valence-electron chi connectivity index (χ3n) is 7.25. The molecule has 4 rings (SSSR count). The van der Waals surface area contributed by atoms with Crippen LogP contribution in [0, 0.1) is 27.7 Å². The SMILES string of the molecule is Cc1ccc(C)c(OCC(=O)Oc2c(Br)cc(C(C)(C)c3cc(Br)c(OC(=O)COc4cc(C)ccc4C)c(Br)c3)cc2Br)c1. The van der Waals surface area contributed by atoms with Crippen molar-refractivity contribution in [2.45, 2.75) is 47.0 Å². The number of halogens is 4. The molecule has 0 unspecified atom stereocenters. The van der Waals surface area contributed by atoms with Crippen LogP contribution in [-0.2, 0) is 15.0 Å². The summed E-state index contributed by atoms with van der Waals surface area (Å²) in [5.41, 5.74) is 5.35. The summed E-state index contributed by atoms with van der Waals surface area (Å²) in [5.74, 6) is 0.953. The number of esters is 2. The normalized spacial score (nSPS) is 11.2. The molecule has 0 aliphatic rings. The molecule has 0 atom stereocenters. The molecule has 0 amide bonds. The molecule has 0 fully saturated rings. The van der Waals surface area contributed by atoms with Crippen molar-refractivity contribution in [2.24, 2.45) is 0 Å². The Morgan fingerprint density at radius 2 is 0.911 bits per heavy atom. The lowest BCUT2D eigenvalue weighted by atomic mass is 9.78. The van der Waals surface area contributed by atoms with Crippen molar-refractivity contribution >= 4 is 75.7 Å². The second-order valence-corrected chi connectivity index (χ2v) is 14.6. The maximum Gasteiger partial charge on any atom is 0.349 e. The summed E-state index contributed by atoms with van der Waals surface area (Å²) in [7, 11) is 0. The lowest BCUT2D eigenvalue weighted by Gasteiger charge is -2.28. The molecule has 45 heavy (non-hydrogen) atoms. The highest BCUT2D eigenvalue weighted by Gasteiger charge is 2.28. The van der Waals surface area contributed by atoms with Gasteiger partial charge in [-0.2, -0.15) is 0 Å². The average Bonchev–Trinajstić information content (AvgIpc) is 2.97. The standard InChI is InChI=1S/C35H32Br4O6/c1-19-7-9-21(3)29(11-19)42-17-31(40)44-33-25(36)13-23(14-26(33)37)35(5,6)24-15-27(38)34(28(39)16-24)45-32(41)18-43-30-12-20(2)8-10-22(30)4/h7-16H,17-18H2,1-6H3. The summed E-state index contributed by atoms with van der Waals surface area (Å²) in [6.45, 7) is 11.5. The number of rotatable bonds is 10. The zero-order chi connectivity index (χ0) is 33.1. The molecular weight excluding hydrogens is 836 g/mol. The molecule has 4 aromatic rings. The molecule has 236 valence electrons. The number of aryl methyl sites for hydroxylation is 4. The smallest absolute Gasteiger partial charge is 0.349 e. The van der Waals surface area contributed by atoms with Gasteiger partial charge < -0.3 is 18.9 Å². The van der Waals surface area contributed by atoms with Crippen LogP contribution in [-0.4, -0.2) is 25.2 Å². The van der Waals surface area contributed by atoms with Crippen molar-refractivity contribution in [3.8, 4) is 23.0 Å². The fraction of sp³-hybridized carbons (Fsp3) is 0.257. The predicted molar refractivity (Wildman–Crippen MR) is 190 cm³/mol. The van der Waals surface area contributed by atoms with Crippen LogP contribution >= 0.6 is 63.7 Å². The molecule has 0 aromatic heterocycles. The molecule has 0 radical (unpaired) electrons. The van der Waals surface area contributed by atoms with E-state index in [-0.39, 0.29) is 13.2 Å². The summed E-state index contributed by atoms with van der Waals surface area (Å²) in [6, 6.07) is 19.3. The first-order valence-corrected chi connectivity index (χ1v) is 17.1. The fourth-order valence-electron chi connectivity index (χ4n) is 4.49. The molecule has 0 saturated heterocycles. The van der Waals surface area contributed by atoms with Gasteiger partial charge in [0, 0.05) is 5.41 Å². The number of hydrogen-bond donors (Lipinski definition) is 0. The van der Waals surface area contributed by atoms with Gasteiger partial charge in [0.15, 0.2) is 24.7 Å². The zero-order valence-electron chi connectivity index (χ0n) is 25.6. The Morgan fingerprint density at radius 3 is 1.24 bits per heavy atom. The highest BCUT2D eigenvalue weighted by atomic mass is 79.9. The van der Waals surface area contributed by atoms with Gasteiger partial charge >= 0.3 is 11.9 Å².